The van der Waals surface area contributed by atoms with Gasteiger partial charge < -0.3 is 10.6 Å². The quantitative estimate of drug-likeness (QED) is 0.909. The number of nitrogens with one attached hydrogen (secondary N) is 2. The fourth-order valence-electron chi connectivity index (χ4n) is 2.62. The number of fused-ring (bicyclic) bond motifs is 1. The fraction of sp³-hybridized carbons (Fsp3) is 0.235. The molecule has 0 radical (unpaired) electrons. The van der Waals surface area contributed by atoms with Crippen LogP contribution in [0, 0.1) is 5.82 Å². The summed E-state index contributed by atoms with van der Waals surface area (Å²) in [7, 11) is 0. The topological polar surface area (TPSA) is 41.1 Å². The number of benzene rings is 2. The van der Waals surface area contributed by atoms with Crippen LogP contribution >= 0.6 is 0 Å². The Morgan fingerprint density at radius 1 is 1.24 bits per heavy atom. The van der Waals surface area contributed by atoms with Crippen LogP contribution in [0.15, 0.2) is 42.5 Å². The van der Waals surface area contributed by atoms with E-state index in [0.717, 1.165) is 30.6 Å². The molecule has 21 heavy (non-hydrogen) atoms. The zero-order valence-corrected chi connectivity index (χ0v) is 11.7. The van der Waals surface area contributed by atoms with E-state index in [2.05, 4.69) is 10.6 Å². The van der Waals surface area contributed by atoms with Crippen molar-refractivity contribution in [3.05, 3.63) is 65.0 Å². The predicted molar refractivity (Wildman–Crippen MR) is 80.8 cm³/mol. The highest BCUT2D eigenvalue weighted by molar-refractivity contribution is 6.00. The second-order valence-corrected chi connectivity index (χ2v) is 5.18. The second-order valence-electron chi connectivity index (χ2n) is 5.18. The van der Waals surface area contributed by atoms with Gasteiger partial charge in [-0.05, 0) is 42.2 Å². The zero-order chi connectivity index (χ0) is 14.7. The highest BCUT2D eigenvalue weighted by atomic mass is 19.1. The molecule has 0 saturated carbocycles. The summed E-state index contributed by atoms with van der Waals surface area (Å²) in [6, 6.07) is 12.0. The third kappa shape index (κ3) is 3.05. The molecule has 0 saturated heterocycles. The Labute approximate surface area is 123 Å². The first kappa shape index (κ1) is 13.6. The molecule has 1 amide bonds. The molecule has 0 aromatic heterocycles. The Morgan fingerprint density at radius 3 is 2.95 bits per heavy atom. The summed E-state index contributed by atoms with van der Waals surface area (Å²) in [5.41, 5.74) is 3.52. The van der Waals surface area contributed by atoms with Gasteiger partial charge in [0.25, 0.3) is 5.91 Å². The SMILES string of the molecule is O=C(NCc1cccc(F)c1)c1cccc2c1NCCC2. The maximum absolute atomic E-state index is 13.1. The van der Waals surface area contributed by atoms with E-state index in [1.165, 1.54) is 17.7 Å². The molecule has 2 N–H and O–H groups in total. The molecule has 0 aliphatic carbocycles. The number of hydrogen-bond donors (Lipinski definition) is 2. The minimum Gasteiger partial charge on any atom is -0.384 e. The average molecular weight is 284 g/mol. The second kappa shape index (κ2) is 5.95. The van der Waals surface area contributed by atoms with Crippen LogP contribution < -0.4 is 10.6 Å². The first-order chi connectivity index (χ1) is 10.2. The van der Waals surface area contributed by atoms with E-state index in [4.69, 9.17) is 0 Å². The average Bonchev–Trinajstić information content (AvgIpc) is 2.52. The standard InChI is InChI=1S/C17H17FN2O/c18-14-7-1-4-12(10-14)11-20-17(21)15-8-2-5-13-6-3-9-19-16(13)15/h1-2,4-5,7-8,10,19H,3,6,9,11H2,(H,20,21). The molecule has 2 aromatic rings. The van der Waals surface area contributed by atoms with Crippen molar-refractivity contribution in [2.75, 3.05) is 11.9 Å². The summed E-state index contributed by atoms with van der Waals surface area (Å²) in [5.74, 6) is -0.425. The number of para-hydroxylation sites is 1. The number of anilines is 1. The van der Waals surface area contributed by atoms with E-state index in [9.17, 15) is 9.18 Å². The summed E-state index contributed by atoms with van der Waals surface area (Å²) in [5, 5.41) is 6.15. The number of carbonyl (C=O) groups is 1. The first-order valence-electron chi connectivity index (χ1n) is 7.12. The van der Waals surface area contributed by atoms with Gasteiger partial charge in [-0.3, -0.25) is 4.79 Å². The van der Waals surface area contributed by atoms with E-state index < -0.39 is 0 Å². The number of halogens is 1. The van der Waals surface area contributed by atoms with Crippen LogP contribution in [0.5, 0.6) is 0 Å². The highest BCUT2D eigenvalue weighted by Crippen LogP contribution is 2.25. The van der Waals surface area contributed by atoms with Crippen molar-refractivity contribution in [3.8, 4) is 0 Å². The van der Waals surface area contributed by atoms with Gasteiger partial charge in [-0.1, -0.05) is 24.3 Å². The molecule has 108 valence electrons. The van der Waals surface area contributed by atoms with Crippen molar-refractivity contribution in [1.82, 2.24) is 5.32 Å². The molecule has 1 aliphatic heterocycles. The van der Waals surface area contributed by atoms with Crippen LogP contribution in [0.2, 0.25) is 0 Å². The Morgan fingerprint density at radius 2 is 2.10 bits per heavy atom. The van der Waals surface area contributed by atoms with Gasteiger partial charge in [0, 0.05) is 13.1 Å². The molecule has 0 bridgehead atoms. The molecule has 0 unspecified atom stereocenters. The molecular weight excluding hydrogens is 267 g/mol. The number of amides is 1. The van der Waals surface area contributed by atoms with Gasteiger partial charge in [-0.2, -0.15) is 0 Å². The van der Waals surface area contributed by atoms with E-state index >= 15 is 0 Å². The van der Waals surface area contributed by atoms with Crippen molar-refractivity contribution in [1.29, 1.82) is 0 Å². The monoisotopic (exact) mass is 284 g/mol. The predicted octanol–water partition coefficient (Wildman–Crippen LogP) is 3.11. The maximum Gasteiger partial charge on any atom is 0.253 e. The van der Waals surface area contributed by atoms with Crippen LogP contribution in [-0.2, 0) is 13.0 Å². The normalized spacial score (nSPS) is 13.2. The van der Waals surface area contributed by atoms with Gasteiger partial charge in [0.15, 0.2) is 0 Å². The van der Waals surface area contributed by atoms with Crippen LogP contribution in [-0.4, -0.2) is 12.5 Å². The molecule has 0 fully saturated rings. The molecule has 3 nitrogen and oxygen atoms in total. The van der Waals surface area contributed by atoms with E-state index in [0.29, 0.717) is 12.1 Å². The molecule has 4 heteroatoms. The molecule has 3 rings (SSSR count). The van der Waals surface area contributed by atoms with Gasteiger partial charge in [-0.25, -0.2) is 4.39 Å². The summed E-state index contributed by atoms with van der Waals surface area (Å²) in [6.07, 6.45) is 2.08. The maximum atomic E-state index is 13.1. The van der Waals surface area contributed by atoms with Crippen molar-refractivity contribution in [3.63, 3.8) is 0 Å². The van der Waals surface area contributed by atoms with Gasteiger partial charge in [0.05, 0.1) is 11.3 Å². The van der Waals surface area contributed by atoms with E-state index in [1.807, 2.05) is 18.2 Å². The number of rotatable bonds is 3. The van der Waals surface area contributed by atoms with Crippen LogP contribution in [0.1, 0.15) is 27.9 Å². The summed E-state index contributed by atoms with van der Waals surface area (Å²) >= 11 is 0. The van der Waals surface area contributed by atoms with Crippen LogP contribution in [0.3, 0.4) is 0 Å². The Balaban J connectivity index is 1.74. The van der Waals surface area contributed by atoms with Gasteiger partial charge in [0.1, 0.15) is 5.82 Å². The Kier molecular flexibility index (Phi) is 3.86. The minimum atomic E-state index is -0.291. The van der Waals surface area contributed by atoms with Gasteiger partial charge >= 0.3 is 0 Å². The molecule has 0 spiro atoms. The number of aryl methyl sites for hydroxylation is 1. The molecule has 1 heterocycles. The first-order valence-corrected chi connectivity index (χ1v) is 7.12. The molecule has 2 aromatic carbocycles. The van der Waals surface area contributed by atoms with Crippen molar-refractivity contribution >= 4 is 11.6 Å². The Hall–Kier alpha value is -2.36. The lowest BCUT2D eigenvalue weighted by Gasteiger charge is -2.20. The fourth-order valence-corrected chi connectivity index (χ4v) is 2.62. The summed E-state index contributed by atoms with van der Waals surface area (Å²) in [6.45, 7) is 1.21. The lowest BCUT2D eigenvalue weighted by atomic mass is 9.99. The Bertz CT molecular complexity index is 670. The van der Waals surface area contributed by atoms with Crippen LogP contribution in [0.25, 0.3) is 0 Å². The lowest BCUT2D eigenvalue weighted by molar-refractivity contribution is 0.0951. The zero-order valence-electron chi connectivity index (χ0n) is 11.7. The number of carbonyl (C=O) groups excluding carboxylic acids is 1. The van der Waals surface area contributed by atoms with E-state index in [1.54, 1.807) is 12.1 Å². The van der Waals surface area contributed by atoms with E-state index in [-0.39, 0.29) is 11.7 Å². The van der Waals surface area contributed by atoms with Crippen molar-refractivity contribution < 1.29 is 9.18 Å². The third-order valence-electron chi connectivity index (χ3n) is 3.66. The van der Waals surface area contributed by atoms with Gasteiger partial charge in [-0.15, -0.1) is 0 Å². The van der Waals surface area contributed by atoms with Crippen molar-refractivity contribution in [2.45, 2.75) is 19.4 Å². The third-order valence-corrected chi connectivity index (χ3v) is 3.66. The summed E-state index contributed by atoms with van der Waals surface area (Å²) < 4.78 is 13.1. The molecule has 1 aliphatic rings. The lowest BCUT2D eigenvalue weighted by Crippen LogP contribution is -2.25. The van der Waals surface area contributed by atoms with Gasteiger partial charge in [0.2, 0.25) is 0 Å². The highest BCUT2D eigenvalue weighted by Gasteiger charge is 2.16. The largest absolute Gasteiger partial charge is 0.384 e. The molecular formula is C17H17FN2O. The number of hydrogen-bond acceptors (Lipinski definition) is 2. The molecule has 0 atom stereocenters. The van der Waals surface area contributed by atoms with Crippen molar-refractivity contribution in [2.24, 2.45) is 0 Å². The summed E-state index contributed by atoms with van der Waals surface area (Å²) in [4.78, 5) is 12.3. The van der Waals surface area contributed by atoms with Crippen LogP contribution in [0.4, 0.5) is 10.1 Å². The smallest absolute Gasteiger partial charge is 0.253 e. The minimum absolute atomic E-state index is 0.134.